The van der Waals surface area contributed by atoms with Gasteiger partial charge in [0.25, 0.3) is 5.91 Å². The largest absolute Gasteiger partial charge is 0.493 e. The predicted octanol–water partition coefficient (Wildman–Crippen LogP) is 2.64. The molecule has 0 radical (unpaired) electrons. The van der Waals surface area contributed by atoms with E-state index in [0.717, 1.165) is 22.2 Å². The highest BCUT2D eigenvalue weighted by atomic mass is 79.9. The van der Waals surface area contributed by atoms with E-state index in [9.17, 15) is 4.79 Å². The standard InChI is InChI=1S/C14H13BrN2O2/c15-11-6-9-3-5-19-13(9)10(7-11)8-17-14(18)12-2-1-4-16-12/h1-2,4,6-7,16H,3,5,8H2,(H,17,18). The fraction of sp³-hybridized carbons (Fsp3) is 0.214. The molecule has 1 aliphatic heterocycles. The predicted molar refractivity (Wildman–Crippen MR) is 75.3 cm³/mol. The Morgan fingerprint density at radius 2 is 2.37 bits per heavy atom. The first-order valence-electron chi connectivity index (χ1n) is 6.10. The summed E-state index contributed by atoms with van der Waals surface area (Å²) in [6, 6.07) is 7.60. The van der Waals surface area contributed by atoms with Crippen LogP contribution in [-0.2, 0) is 13.0 Å². The van der Waals surface area contributed by atoms with Crippen LogP contribution >= 0.6 is 15.9 Å². The number of aromatic nitrogens is 1. The fourth-order valence-electron chi connectivity index (χ4n) is 2.22. The zero-order valence-electron chi connectivity index (χ0n) is 10.2. The normalized spacial score (nSPS) is 12.9. The van der Waals surface area contributed by atoms with Crippen LogP contribution in [0, 0.1) is 0 Å². The van der Waals surface area contributed by atoms with Gasteiger partial charge in [0.1, 0.15) is 11.4 Å². The van der Waals surface area contributed by atoms with Gasteiger partial charge in [-0.2, -0.15) is 0 Å². The molecule has 1 amide bonds. The summed E-state index contributed by atoms with van der Waals surface area (Å²) in [5.74, 6) is 0.798. The topological polar surface area (TPSA) is 54.1 Å². The van der Waals surface area contributed by atoms with E-state index in [0.29, 0.717) is 18.8 Å². The van der Waals surface area contributed by atoms with Gasteiger partial charge >= 0.3 is 0 Å². The van der Waals surface area contributed by atoms with Gasteiger partial charge in [-0.3, -0.25) is 4.79 Å². The molecule has 1 aromatic carbocycles. The summed E-state index contributed by atoms with van der Waals surface area (Å²) in [5.41, 5.74) is 2.76. The van der Waals surface area contributed by atoms with Crippen LogP contribution in [0.25, 0.3) is 0 Å². The quantitative estimate of drug-likeness (QED) is 0.913. The van der Waals surface area contributed by atoms with Crippen LogP contribution in [0.5, 0.6) is 5.75 Å². The summed E-state index contributed by atoms with van der Waals surface area (Å²) in [4.78, 5) is 14.8. The van der Waals surface area contributed by atoms with Crippen LogP contribution in [0.15, 0.2) is 34.9 Å². The van der Waals surface area contributed by atoms with E-state index in [1.165, 1.54) is 5.56 Å². The minimum atomic E-state index is -0.114. The number of halogens is 1. The van der Waals surface area contributed by atoms with Crippen molar-refractivity contribution >= 4 is 21.8 Å². The van der Waals surface area contributed by atoms with E-state index < -0.39 is 0 Å². The summed E-state index contributed by atoms with van der Waals surface area (Å²) in [7, 11) is 0. The van der Waals surface area contributed by atoms with Crippen LogP contribution in [-0.4, -0.2) is 17.5 Å². The maximum atomic E-state index is 11.9. The van der Waals surface area contributed by atoms with Crippen LogP contribution < -0.4 is 10.1 Å². The molecule has 98 valence electrons. The van der Waals surface area contributed by atoms with Crippen molar-refractivity contribution in [3.05, 3.63) is 51.8 Å². The van der Waals surface area contributed by atoms with Gasteiger partial charge in [0.2, 0.25) is 0 Å². The number of carbonyl (C=O) groups is 1. The van der Waals surface area contributed by atoms with E-state index >= 15 is 0 Å². The van der Waals surface area contributed by atoms with Crippen LogP contribution in [0.3, 0.4) is 0 Å². The number of amides is 1. The van der Waals surface area contributed by atoms with Crippen LogP contribution in [0.1, 0.15) is 21.6 Å². The van der Waals surface area contributed by atoms with Gasteiger partial charge in [-0.15, -0.1) is 0 Å². The fourth-order valence-corrected chi connectivity index (χ4v) is 2.77. The molecule has 0 atom stereocenters. The number of hydrogen-bond acceptors (Lipinski definition) is 2. The van der Waals surface area contributed by atoms with Crippen molar-refractivity contribution in [1.82, 2.24) is 10.3 Å². The molecule has 2 N–H and O–H groups in total. The Bertz CT molecular complexity index is 608. The first-order chi connectivity index (χ1) is 9.24. The maximum Gasteiger partial charge on any atom is 0.267 e. The number of ether oxygens (including phenoxy) is 1. The van der Waals surface area contributed by atoms with Gasteiger partial charge < -0.3 is 15.0 Å². The highest BCUT2D eigenvalue weighted by Crippen LogP contribution is 2.32. The van der Waals surface area contributed by atoms with Crippen molar-refractivity contribution in [3.8, 4) is 5.75 Å². The molecular formula is C14H13BrN2O2. The van der Waals surface area contributed by atoms with Gasteiger partial charge in [-0.25, -0.2) is 0 Å². The van der Waals surface area contributed by atoms with Gasteiger partial charge in [-0.1, -0.05) is 15.9 Å². The molecule has 2 aromatic rings. The lowest BCUT2D eigenvalue weighted by Gasteiger charge is -2.10. The van der Waals surface area contributed by atoms with Crippen molar-refractivity contribution in [2.24, 2.45) is 0 Å². The molecule has 0 unspecified atom stereocenters. The van der Waals surface area contributed by atoms with E-state index in [4.69, 9.17) is 4.74 Å². The third-order valence-corrected chi connectivity index (χ3v) is 3.57. The number of hydrogen-bond donors (Lipinski definition) is 2. The highest BCUT2D eigenvalue weighted by molar-refractivity contribution is 9.10. The molecule has 0 saturated carbocycles. The summed E-state index contributed by atoms with van der Waals surface area (Å²) in [5, 5.41) is 2.89. The van der Waals surface area contributed by atoms with Gasteiger partial charge in [-0.05, 0) is 29.8 Å². The number of benzene rings is 1. The second kappa shape index (κ2) is 5.09. The molecule has 1 aliphatic rings. The van der Waals surface area contributed by atoms with Crippen LogP contribution in [0.4, 0.5) is 0 Å². The molecule has 5 heteroatoms. The molecule has 2 heterocycles. The number of aromatic amines is 1. The monoisotopic (exact) mass is 320 g/mol. The summed E-state index contributed by atoms with van der Waals surface area (Å²) in [6.45, 7) is 1.17. The summed E-state index contributed by atoms with van der Waals surface area (Å²) < 4.78 is 6.64. The average molecular weight is 321 g/mol. The maximum absolute atomic E-state index is 11.9. The number of carbonyl (C=O) groups excluding carboxylic acids is 1. The SMILES string of the molecule is O=C(NCc1cc(Br)cc2c1OCC2)c1ccc[nH]1. The molecule has 19 heavy (non-hydrogen) atoms. The van der Waals surface area contributed by atoms with E-state index in [1.54, 1.807) is 18.3 Å². The second-order valence-electron chi connectivity index (χ2n) is 4.42. The minimum absolute atomic E-state index is 0.114. The van der Waals surface area contributed by atoms with E-state index in [2.05, 4.69) is 32.3 Å². The lowest BCUT2D eigenvalue weighted by molar-refractivity contribution is 0.0946. The van der Waals surface area contributed by atoms with Crippen molar-refractivity contribution in [2.45, 2.75) is 13.0 Å². The van der Waals surface area contributed by atoms with Gasteiger partial charge in [0.15, 0.2) is 0 Å². The Balaban J connectivity index is 1.76. The number of fused-ring (bicyclic) bond motifs is 1. The number of rotatable bonds is 3. The van der Waals surface area contributed by atoms with Crippen molar-refractivity contribution in [3.63, 3.8) is 0 Å². The first-order valence-corrected chi connectivity index (χ1v) is 6.89. The summed E-state index contributed by atoms with van der Waals surface area (Å²) in [6.07, 6.45) is 2.65. The lowest BCUT2D eigenvalue weighted by atomic mass is 10.1. The molecule has 0 fully saturated rings. The molecule has 4 nitrogen and oxygen atoms in total. The Morgan fingerprint density at radius 1 is 1.47 bits per heavy atom. The van der Waals surface area contributed by atoms with Crippen molar-refractivity contribution in [1.29, 1.82) is 0 Å². The third kappa shape index (κ3) is 2.51. The molecule has 0 aliphatic carbocycles. The van der Waals surface area contributed by atoms with Gasteiger partial charge in [0.05, 0.1) is 6.61 Å². The second-order valence-corrected chi connectivity index (χ2v) is 5.33. The Kier molecular flexibility index (Phi) is 3.29. The molecule has 0 bridgehead atoms. The molecular weight excluding hydrogens is 308 g/mol. The number of nitrogens with one attached hydrogen (secondary N) is 2. The zero-order chi connectivity index (χ0) is 13.2. The Labute approximate surface area is 119 Å². The minimum Gasteiger partial charge on any atom is -0.493 e. The van der Waals surface area contributed by atoms with Gasteiger partial charge in [0, 0.05) is 29.2 Å². The van der Waals surface area contributed by atoms with E-state index in [-0.39, 0.29) is 5.91 Å². The van der Waals surface area contributed by atoms with E-state index in [1.807, 2.05) is 6.07 Å². The third-order valence-electron chi connectivity index (χ3n) is 3.11. The smallest absolute Gasteiger partial charge is 0.267 e. The van der Waals surface area contributed by atoms with Crippen LogP contribution in [0.2, 0.25) is 0 Å². The first kappa shape index (κ1) is 12.3. The number of H-pyrrole nitrogens is 1. The van der Waals surface area contributed by atoms with Crippen molar-refractivity contribution < 1.29 is 9.53 Å². The zero-order valence-corrected chi connectivity index (χ0v) is 11.8. The molecule has 0 spiro atoms. The lowest BCUT2D eigenvalue weighted by Crippen LogP contribution is -2.23. The molecule has 0 saturated heterocycles. The Morgan fingerprint density at radius 3 is 3.16 bits per heavy atom. The average Bonchev–Trinajstić information content (AvgIpc) is 3.05. The molecule has 1 aromatic heterocycles. The Hall–Kier alpha value is -1.75. The van der Waals surface area contributed by atoms with Crippen molar-refractivity contribution in [2.75, 3.05) is 6.61 Å². The highest BCUT2D eigenvalue weighted by Gasteiger charge is 2.18. The summed E-state index contributed by atoms with van der Waals surface area (Å²) >= 11 is 3.49. The molecule has 3 rings (SSSR count).